The molecule has 0 atom stereocenters. The third kappa shape index (κ3) is 2.51. The van der Waals surface area contributed by atoms with Crippen LogP contribution in [0.4, 0.5) is 11.5 Å². The molecule has 1 aromatic heterocycles. The molecular weight excluding hydrogens is 256 g/mol. The van der Waals surface area contributed by atoms with Crippen LogP contribution < -0.4 is 9.80 Å². The highest BCUT2D eigenvalue weighted by atomic mass is 16.2. The monoisotopic (exact) mass is 274 g/mol. The predicted octanol–water partition coefficient (Wildman–Crippen LogP) is 0.139. The fraction of sp³-hybridized carbons (Fsp3) is 0.500. The second-order valence-corrected chi connectivity index (χ2v) is 5.36. The Kier molecular flexibility index (Phi) is 3.40. The highest BCUT2D eigenvalue weighted by Gasteiger charge is 2.29. The summed E-state index contributed by atoms with van der Waals surface area (Å²) in [6.07, 6.45) is 1.79. The first kappa shape index (κ1) is 13.1. The number of nitrogens with zero attached hydrogens (tertiary/aromatic N) is 4. The van der Waals surface area contributed by atoms with Crippen molar-refractivity contribution in [1.29, 1.82) is 0 Å². The van der Waals surface area contributed by atoms with Crippen molar-refractivity contribution in [3.8, 4) is 0 Å². The van der Waals surface area contributed by atoms with Crippen LogP contribution in [-0.4, -0.2) is 61.3 Å². The number of rotatable bonds is 2. The van der Waals surface area contributed by atoms with Crippen LogP contribution in [-0.2, 0) is 9.59 Å². The van der Waals surface area contributed by atoms with Gasteiger partial charge in [0.2, 0.25) is 5.91 Å². The van der Waals surface area contributed by atoms with Crippen molar-refractivity contribution in [3.05, 3.63) is 18.3 Å². The molecule has 6 heteroatoms. The van der Waals surface area contributed by atoms with Crippen molar-refractivity contribution < 1.29 is 9.59 Å². The zero-order chi connectivity index (χ0) is 14.1. The van der Waals surface area contributed by atoms with Crippen LogP contribution in [0.25, 0.3) is 0 Å². The van der Waals surface area contributed by atoms with Gasteiger partial charge in [-0.3, -0.25) is 14.5 Å². The lowest BCUT2D eigenvalue weighted by molar-refractivity contribution is -0.121. The van der Waals surface area contributed by atoms with Gasteiger partial charge in [-0.2, -0.15) is 0 Å². The molecule has 0 bridgehead atoms. The minimum atomic E-state index is -0.158. The van der Waals surface area contributed by atoms with Crippen molar-refractivity contribution in [2.75, 3.05) is 49.6 Å². The standard InChI is InChI=1S/C14H18N4O2/c1-16-4-6-17(7-5-16)11-2-3-13(15-9-11)18-10-12(19)8-14(18)20/h2-3,9H,4-8,10H2,1H3. The summed E-state index contributed by atoms with van der Waals surface area (Å²) >= 11 is 0. The van der Waals surface area contributed by atoms with Gasteiger partial charge in [-0.1, -0.05) is 0 Å². The summed E-state index contributed by atoms with van der Waals surface area (Å²) in [5, 5.41) is 0. The Morgan fingerprint density at radius 1 is 1.10 bits per heavy atom. The van der Waals surface area contributed by atoms with E-state index in [0.717, 1.165) is 31.9 Å². The minimum absolute atomic E-state index is 0.00188. The van der Waals surface area contributed by atoms with E-state index in [2.05, 4.69) is 21.8 Å². The molecule has 2 saturated heterocycles. The first-order chi connectivity index (χ1) is 9.63. The zero-order valence-corrected chi connectivity index (χ0v) is 11.6. The second kappa shape index (κ2) is 5.20. The van der Waals surface area contributed by atoms with E-state index in [0.29, 0.717) is 5.82 Å². The molecule has 0 saturated carbocycles. The number of anilines is 2. The molecule has 2 fully saturated rings. The summed E-state index contributed by atoms with van der Waals surface area (Å²) in [6, 6.07) is 3.80. The fourth-order valence-corrected chi connectivity index (χ4v) is 2.58. The Morgan fingerprint density at radius 3 is 2.40 bits per heavy atom. The number of ketones is 1. The molecule has 0 radical (unpaired) electrons. The molecule has 2 aliphatic heterocycles. The summed E-state index contributed by atoms with van der Waals surface area (Å²) in [5.74, 6) is 0.369. The van der Waals surface area contributed by atoms with Crippen molar-refractivity contribution in [3.63, 3.8) is 0 Å². The van der Waals surface area contributed by atoms with Crippen molar-refractivity contribution >= 4 is 23.2 Å². The predicted molar refractivity (Wildman–Crippen MR) is 75.9 cm³/mol. The minimum Gasteiger partial charge on any atom is -0.368 e. The quantitative estimate of drug-likeness (QED) is 0.718. The van der Waals surface area contributed by atoms with E-state index < -0.39 is 0 Å². The number of pyridine rings is 1. The van der Waals surface area contributed by atoms with E-state index >= 15 is 0 Å². The summed E-state index contributed by atoms with van der Waals surface area (Å²) in [5.41, 5.74) is 1.07. The average Bonchev–Trinajstić information content (AvgIpc) is 2.79. The van der Waals surface area contributed by atoms with E-state index in [1.165, 1.54) is 4.90 Å². The van der Waals surface area contributed by atoms with E-state index in [9.17, 15) is 9.59 Å². The number of carbonyl (C=O) groups excluding carboxylic acids is 2. The van der Waals surface area contributed by atoms with Gasteiger partial charge in [-0.05, 0) is 19.2 Å². The number of amides is 1. The molecule has 20 heavy (non-hydrogen) atoms. The van der Waals surface area contributed by atoms with Gasteiger partial charge in [0, 0.05) is 26.2 Å². The highest BCUT2D eigenvalue weighted by molar-refractivity contribution is 6.14. The Labute approximate surface area is 118 Å². The summed E-state index contributed by atoms with van der Waals surface area (Å²) in [6.45, 7) is 4.21. The fourth-order valence-electron chi connectivity index (χ4n) is 2.58. The summed E-state index contributed by atoms with van der Waals surface area (Å²) in [4.78, 5) is 33.3. The molecule has 1 amide bonds. The lowest BCUT2D eigenvalue weighted by Crippen LogP contribution is -2.44. The van der Waals surface area contributed by atoms with E-state index in [-0.39, 0.29) is 24.7 Å². The smallest absolute Gasteiger partial charge is 0.236 e. The first-order valence-electron chi connectivity index (χ1n) is 6.85. The SMILES string of the molecule is CN1CCN(c2ccc(N3CC(=O)CC3=O)nc2)CC1. The lowest BCUT2D eigenvalue weighted by Gasteiger charge is -2.33. The van der Waals surface area contributed by atoms with Gasteiger partial charge in [0.25, 0.3) is 0 Å². The van der Waals surface area contributed by atoms with Crippen LogP contribution in [0.15, 0.2) is 18.3 Å². The topological polar surface area (TPSA) is 56.8 Å². The molecule has 0 N–H and O–H groups in total. The summed E-state index contributed by atoms with van der Waals surface area (Å²) in [7, 11) is 2.12. The lowest BCUT2D eigenvalue weighted by atomic mass is 10.3. The number of likely N-dealkylation sites (N-methyl/N-ethyl adjacent to an activating group) is 1. The second-order valence-electron chi connectivity index (χ2n) is 5.36. The number of hydrogen-bond donors (Lipinski definition) is 0. The highest BCUT2D eigenvalue weighted by Crippen LogP contribution is 2.21. The van der Waals surface area contributed by atoms with Gasteiger partial charge in [0.1, 0.15) is 5.82 Å². The largest absolute Gasteiger partial charge is 0.368 e. The van der Waals surface area contributed by atoms with Crippen molar-refractivity contribution in [2.24, 2.45) is 0 Å². The molecule has 1 aromatic rings. The average molecular weight is 274 g/mol. The van der Waals surface area contributed by atoms with Crippen LogP contribution >= 0.6 is 0 Å². The van der Waals surface area contributed by atoms with Crippen LogP contribution in [0, 0.1) is 0 Å². The molecule has 106 valence electrons. The Morgan fingerprint density at radius 2 is 1.85 bits per heavy atom. The van der Waals surface area contributed by atoms with Crippen LogP contribution in [0.5, 0.6) is 0 Å². The van der Waals surface area contributed by atoms with Gasteiger partial charge in [-0.25, -0.2) is 4.98 Å². The Hall–Kier alpha value is -1.95. The van der Waals surface area contributed by atoms with Crippen molar-refractivity contribution in [1.82, 2.24) is 9.88 Å². The Balaban J connectivity index is 1.71. The molecule has 0 spiro atoms. The van der Waals surface area contributed by atoms with Crippen LogP contribution in [0.3, 0.4) is 0 Å². The molecule has 0 unspecified atom stereocenters. The zero-order valence-electron chi connectivity index (χ0n) is 11.6. The number of aromatic nitrogens is 1. The molecule has 0 aliphatic carbocycles. The van der Waals surface area contributed by atoms with Gasteiger partial charge >= 0.3 is 0 Å². The van der Waals surface area contributed by atoms with Crippen LogP contribution in [0.1, 0.15) is 6.42 Å². The third-order valence-corrected chi connectivity index (χ3v) is 3.86. The molecule has 0 aromatic carbocycles. The number of hydrogen-bond acceptors (Lipinski definition) is 5. The van der Waals surface area contributed by atoms with Gasteiger partial charge in [0.15, 0.2) is 5.78 Å². The maximum atomic E-state index is 11.7. The maximum Gasteiger partial charge on any atom is 0.236 e. The normalized spacial score (nSPS) is 20.9. The van der Waals surface area contributed by atoms with E-state index in [4.69, 9.17) is 0 Å². The Bertz CT molecular complexity index is 520. The van der Waals surface area contributed by atoms with Crippen molar-refractivity contribution in [2.45, 2.75) is 6.42 Å². The van der Waals surface area contributed by atoms with Crippen LogP contribution in [0.2, 0.25) is 0 Å². The number of Topliss-reactive ketones (excluding diaryl/α,β-unsaturated/α-hetero) is 1. The number of piperazine rings is 1. The molecule has 2 aliphatic rings. The molecular formula is C14H18N4O2. The van der Waals surface area contributed by atoms with E-state index in [1.807, 2.05) is 12.1 Å². The van der Waals surface area contributed by atoms with E-state index in [1.54, 1.807) is 6.20 Å². The third-order valence-electron chi connectivity index (χ3n) is 3.86. The summed E-state index contributed by atoms with van der Waals surface area (Å²) < 4.78 is 0. The number of carbonyl (C=O) groups is 2. The molecule has 6 nitrogen and oxygen atoms in total. The first-order valence-corrected chi connectivity index (χ1v) is 6.85. The van der Waals surface area contributed by atoms with Gasteiger partial charge < -0.3 is 9.80 Å². The molecule has 3 rings (SSSR count). The van der Waals surface area contributed by atoms with Gasteiger partial charge in [0.05, 0.1) is 24.8 Å². The molecule has 3 heterocycles. The maximum absolute atomic E-state index is 11.7. The van der Waals surface area contributed by atoms with Gasteiger partial charge in [-0.15, -0.1) is 0 Å².